The van der Waals surface area contributed by atoms with Gasteiger partial charge in [0.1, 0.15) is 0 Å². The second kappa shape index (κ2) is 6.99. The van der Waals surface area contributed by atoms with Gasteiger partial charge in [0.05, 0.1) is 0 Å². The molecule has 0 N–H and O–H groups in total. The minimum absolute atomic E-state index is 1.34. The molecule has 0 bridgehead atoms. The van der Waals surface area contributed by atoms with E-state index in [1.165, 1.54) is 31.7 Å². The zero-order chi connectivity index (χ0) is 18.6. The molecule has 0 fully saturated rings. The second-order valence-corrected chi connectivity index (χ2v) is 41.8. The van der Waals surface area contributed by atoms with E-state index >= 15 is 0 Å². The first kappa shape index (κ1) is 20.0. The van der Waals surface area contributed by atoms with Gasteiger partial charge in [0.15, 0.2) is 0 Å². The monoisotopic (exact) mass is 584 g/mol. The molecular weight excluding hydrogens is 554 g/mol. The van der Waals surface area contributed by atoms with E-state index in [2.05, 4.69) is 73.5 Å². The number of hydrogen-bond acceptors (Lipinski definition) is 2. The predicted octanol–water partition coefficient (Wildman–Crippen LogP) is 6.67. The van der Waals surface area contributed by atoms with E-state index in [1.807, 2.05) is 22.7 Å². The fourth-order valence-corrected chi connectivity index (χ4v) is 16.1. The summed E-state index contributed by atoms with van der Waals surface area (Å²) in [5, 5.41) is 1.40. The van der Waals surface area contributed by atoms with Gasteiger partial charge in [0, 0.05) is 0 Å². The van der Waals surface area contributed by atoms with E-state index in [9.17, 15) is 0 Å². The predicted molar refractivity (Wildman–Crippen MR) is 126 cm³/mol. The quantitative estimate of drug-likeness (QED) is 0.302. The summed E-state index contributed by atoms with van der Waals surface area (Å²) < 4.78 is 4.75. The van der Waals surface area contributed by atoms with Crippen LogP contribution in [0.1, 0.15) is 11.1 Å². The van der Waals surface area contributed by atoms with Gasteiger partial charge in [-0.1, -0.05) is 0 Å². The van der Waals surface area contributed by atoms with Gasteiger partial charge in [-0.2, -0.15) is 0 Å². The number of thiophene rings is 2. The third-order valence-corrected chi connectivity index (χ3v) is 25.9. The second-order valence-electron chi connectivity index (χ2n) is 8.88. The SMILES string of the molecule is C=Cc1c(-c2s[c]([Sn]([CH3])([CH3])[CH3])cc2C)ccc2c[c]([Sn]([CH3])([CH3])[CH3])sc12. The summed E-state index contributed by atoms with van der Waals surface area (Å²) in [7, 11) is 0. The zero-order valence-electron chi connectivity index (χ0n) is 16.4. The maximum atomic E-state index is 4.17. The number of benzene rings is 1. The van der Waals surface area contributed by atoms with Crippen molar-refractivity contribution in [1.29, 1.82) is 0 Å². The number of hydrogen-bond donors (Lipinski definition) is 0. The summed E-state index contributed by atoms with van der Waals surface area (Å²) in [6.07, 6.45) is 2.08. The van der Waals surface area contributed by atoms with Crippen molar-refractivity contribution in [3.63, 3.8) is 0 Å². The molecule has 2 aromatic heterocycles. The third kappa shape index (κ3) is 3.92. The van der Waals surface area contributed by atoms with Crippen molar-refractivity contribution in [2.75, 3.05) is 0 Å². The van der Waals surface area contributed by atoms with E-state index in [1.54, 1.807) is 5.79 Å². The van der Waals surface area contributed by atoms with Gasteiger partial charge >= 0.3 is 170 Å². The molecule has 0 aliphatic carbocycles. The molecule has 3 aromatic rings. The number of rotatable bonds is 4. The van der Waals surface area contributed by atoms with Gasteiger partial charge in [0.25, 0.3) is 0 Å². The summed E-state index contributed by atoms with van der Waals surface area (Å²) in [5.74, 6) is 0. The van der Waals surface area contributed by atoms with Crippen LogP contribution >= 0.6 is 22.7 Å². The molecule has 0 radical (unpaired) electrons. The Bertz CT molecular complexity index is 947. The molecule has 0 spiro atoms. The molecule has 0 amide bonds. The van der Waals surface area contributed by atoms with Crippen LogP contribution in [-0.4, -0.2) is 36.8 Å². The standard InChI is InChI=1S/C15H10S2.6CH3.2Sn/c1-3-12-13(14-10(2)6-8-16-14)5-4-11-7-9-17-15(11)12;;;;;;;;/h3-7H,1H2,2H3;6*1H3;;. The molecular formula is C21H28S2Sn2. The molecule has 2 heterocycles. The molecule has 25 heavy (non-hydrogen) atoms. The summed E-state index contributed by atoms with van der Waals surface area (Å²) in [6, 6.07) is 9.56. The van der Waals surface area contributed by atoms with Crippen LogP contribution in [0.4, 0.5) is 0 Å². The van der Waals surface area contributed by atoms with Crippen molar-refractivity contribution in [3.05, 3.63) is 42.0 Å². The van der Waals surface area contributed by atoms with Crippen molar-refractivity contribution in [2.24, 2.45) is 0 Å². The van der Waals surface area contributed by atoms with Crippen LogP contribution in [0.3, 0.4) is 0 Å². The first-order chi connectivity index (χ1) is 11.5. The molecule has 0 nitrogen and oxygen atoms in total. The third-order valence-electron chi connectivity index (χ3n) is 4.57. The average molecular weight is 582 g/mol. The normalized spacial score (nSPS) is 12.8. The zero-order valence-corrected chi connectivity index (χ0v) is 23.8. The molecule has 4 heteroatoms. The molecule has 3 rings (SSSR count). The summed E-state index contributed by atoms with van der Waals surface area (Å²) in [6.45, 7) is 6.44. The molecule has 0 unspecified atom stereocenters. The van der Waals surface area contributed by atoms with Gasteiger partial charge < -0.3 is 0 Å². The van der Waals surface area contributed by atoms with Crippen molar-refractivity contribution in [3.8, 4) is 10.4 Å². The van der Waals surface area contributed by atoms with Crippen LogP contribution < -0.4 is 5.79 Å². The van der Waals surface area contributed by atoms with Crippen LogP contribution in [0.25, 0.3) is 26.6 Å². The molecule has 0 atom stereocenters. The molecule has 1 aromatic carbocycles. The van der Waals surface area contributed by atoms with Crippen molar-refractivity contribution in [1.82, 2.24) is 0 Å². The van der Waals surface area contributed by atoms with Gasteiger partial charge in [-0.15, -0.1) is 0 Å². The summed E-state index contributed by atoms with van der Waals surface area (Å²) in [5.41, 5.74) is 4.15. The Labute approximate surface area is 168 Å². The van der Waals surface area contributed by atoms with E-state index in [4.69, 9.17) is 0 Å². The Hall–Kier alpha value is 0.217. The van der Waals surface area contributed by atoms with Crippen LogP contribution in [0.2, 0.25) is 29.6 Å². The molecule has 0 saturated carbocycles. The van der Waals surface area contributed by atoms with Crippen molar-refractivity contribution >= 4 is 81.4 Å². The van der Waals surface area contributed by atoms with E-state index in [-0.39, 0.29) is 0 Å². The maximum absolute atomic E-state index is 4.17. The number of fused-ring (bicyclic) bond motifs is 1. The Kier molecular flexibility index (Phi) is 5.58. The van der Waals surface area contributed by atoms with Crippen molar-refractivity contribution in [2.45, 2.75) is 36.6 Å². The van der Waals surface area contributed by atoms with Crippen LogP contribution in [0, 0.1) is 6.92 Å². The molecule has 0 aliphatic heterocycles. The van der Waals surface area contributed by atoms with Gasteiger partial charge in [0.2, 0.25) is 0 Å². The Morgan fingerprint density at radius 3 is 2.00 bits per heavy atom. The number of aryl methyl sites for hydroxylation is 1. The fourth-order valence-electron chi connectivity index (χ4n) is 3.01. The summed E-state index contributed by atoms with van der Waals surface area (Å²) in [4.78, 5) is 16.5. The van der Waals surface area contributed by atoms with Crippen LogP contribution in [-0.2, 0) is 0 Å². The molecule has 132 valence electrons. The topological polar surface area (TPSA) is 0 Å². The molecule has 0 saturated heterocycles. The van der Waals surface area contributed by atoms with Gasteiger partial charge in [-0.05, 0) is 0 Å². The Balaban J connectivity index is 2.24. The van der Waals surface area contributed by atoms with Gasteiger partial charge in [-0.25, -0.2) is 0 Å². The Morgan fingerprint density at radius 1 is 0.880 bits per heavy atom. The average Bonchev–Trinajstić information content (AvgIpc) is 3.08. The first-order valence-corrected chi connectivity index (χ1v) is 30.4. The van der Waals surface area contributed by atoms with E-state index < -0.39 is 36.8 Å². The fraction of sp³-hybridized carbons (Fsp3) is 0.333. The van der Waals surface area contributed by atoms with Crippen LogP contribution in [0.15, 0.2) is 30.8 Å². The Morgan fingerprint density at radius 2 is 1.48 bits per heavy atom. The minimum atomic E-state index is -2.04. The first-order valence-electron chi connectivity index (χ1n) is 8.83. The van der Waals surface area contributed by atoms with Crippen molar-refractivity contribution < 1.29 is 0 Å². The van der Waals surface area contributed by atoms with Gasteiger partial charge in [-0.3, -0.25) is 0 Å². The molecule has 0 aliphatic rings. The van der Waals surface area contributed by atoms with E-state index in [0.29, 0.717) is 0 Å². The van der Waals surface area contributed by atoms with E-state index in [0.717, 1.165) is 0 Å². The van der Waals surface area contributed by atoms with Crippen LogP contribution in [0.5, 0.6) is 0 Å². The summed E-state index contributed by atoms with van der Waals surface area (Å²) >= 11 is -0.0136.